The number of aliphatic hydroxyl groups is 2. The number of rotatable bonds is 5. The Morgan fingerprint density at radius 2 is 1.05 bits per heavy atom. The van der Waals surface area contributed by atoms with E-state index in [0.717, 1.165) is 19.3 Å². The molecule has 0 fully saturated rings. The quantitative estimate of drug-likeness (QED) is 0.865. The molecule has 0 aliphatic rings. The van der Waals surface area contributed by atoms with E-state index in [1.165, 1.54) is 11.1 Å². The van der Waals surface area contributed by atoms with Crippen molar-refractivity contribution in [2.75, 3.05) is 13.2 Å². The van der Waals surface area contributed by atoms with Crippen LogP contribution in [0.25, 0.3) is 0 Å². The molecular weight excluding hydrogens is 236 g/mol. The predicted molar refractivity (Wildman–Crippen MR) is 79.1 cm³/mol. The normalized spacial score (nSPS) is 9.58. The highest BCUT2D eigenvalue weighted by atomic mass is 16.3. The van der Waals surface area contributed by atoms with Gasteiger partial charge in [0.2, 0.25) is 0 Å². The number of hydrogen-bond donors (Lipinski definition) is 2. The van der Waals surface area contributed by atoms with Gasteiger partial charge in [0, 0.05) is 13.2 Å². The molecule has 2 rings (SSSR count). The van der Waals surface area contributed by atoms with Gasteiger partial charge in [-0.2, -0.15) is 0 Å². The van der Waals surface area contributed by atoms with Crippen molar-refractivity contribution in [3.63, 3.8) is 0 Å². The van der Waals surface area contributed by atoms with Crippen molar-refractivity contribution in [2.45, 2.75) is 19.3 Å². The SMILES string of the molecule is OCCCc1ccccc1.OCCc1ccccc1. The Hall–Kier alpha value is -1.64. The molecule has 2 heteroatoms. The summed E-state index contributed by atoms with van der Waals surface area (Å²) in [6, 6.07) is 20.1. The standard InChI is InChI=1S/C9H12O.C8H10O/c10-8-4-7-9-5-2-1-3-6-9;9-7-6-8-4-2-1-3-5-8/h1-3,5-6,10H,4,7-8H2;1-5,9H,6-7H2. The first-order valence-electron chi connectivity index (χ1n) is 6.66. The van der Waals surface area contributed by atoms with E-state index in [9.17, 15) is 0 Å². The average molecular weight is 258 g/mol. The zero-order valence-corrected chi connectivity index (χ0v) is 11.2. The maximum atomic E-state index is 8.53. The van der Waals surface area contributed by atoms with Gasteiger partial charge in [0.15, 0.2) is 0 Å². The van der Waals surface area contributed by atoms with E-state index >= 15 is 0 Å². The Labute approximate surface area is 115 Å². The molecular formula is C17H22O2. The molecule has 19 heavy (non-hydrogen) atoms. The van der Waals surface area contributed by atoms with E-state index < -0.39 is 0 Å². The summed E-state index contributed by atoms with van der Waals surface area (Å²) < 4.78 is 0. The number of aliphatic hydroxyl groups excluding tert-OH is 2. The van der Waals surface area contributed by atoms with Crippen LogP contribution in [0.3, 0.4) is 0 Å². The summed E-state index contributed by atoms with van der Waals surface area (Å²) in [5.41, 5.74) is 2.50. The first-order valence-corrected chi connectivity index (χ1v) is 6.66. The van der Waals surface area contributed by atoms with Gasteiger partial charge in [-0.05, 0) is 30.4 Å². The minimum Gasteiger partial charge on any atom is -0.396 e. The van der Waals surface area contributed by atoms with Crippen LogP contribution in [0.5, 0.6) is 0 Å². The average Bonchev–Trinajstić information content (AvgIpc) is 2.48. The molecule has 0 saturated heterocycles. The zero-order valence-electron chi connectivity index (χ0n) is 11.2. The molecule has 2 nitrogen and oxygen atoms in total. The topological polar surface area (TPSA) is 40.5 Å². The van der Waals surface area contributed by atoms with Crippen molar-refractivity contribution in [1.29, 1.82) is 0 Å². The Bertz CT molecular complexity index is 412. The van der Waals surface area contributed by atoms with Crippen molar-refractivity contribution in [2.24, 2.45) is 0 Å². The van der Waals surface area contributed by atoms with Gasteiger partial charge >= 0.3 is 0 Å². The second kappa shape index (κ2) is 10.3. The van der Waals surface area contributed by atoms with E-state index in [1.807, 2.05) is 48.5 Å². The van der Waals surface area contributed by atoms with Crippen LogP contribution in [0.1, 0.15) is 17.5 Å². The first-order chi connectivity index (χ1) is 9.36. The molecule has 2 aromatic carbocycles. The molecule has 2 N–H and O–H groups in total. The molecule has 0 bridgehead atoms. The van der Waals surface area contributed by atoms with Gasteiger partial charge in [-0.15, -0.1) is 0 Å². The lowest BCUT2D eigenvalue weighted by Crippen LogP contribution is -1.88. The Morgan fingerprint density at radius 1 is 0.579 bits per heavy atom. The zero-order chi connectivity index (χ0) is 13.8. The minimum atomic E-state index is 0.240. The molecule has 0 spiro atoms. The molecule has 0 heterocycles. The van der Waals surface area contributed by atoms with Gasteiger partial charge in [-0.1, -0.05) is 60.7 Å². The first kappa shape index (κ1) is 15.4. The lowest BCUT2D eigenvalue weighted by molar-refractivity contribution is 0.288. The third-order valence-electron chi connectivity index (χ3n) is 2.71. The lowest BCUT2D eigenvalue weighted by Gasteiger charge is -1.96. The van der Waals surface area contributed by atoms with Crippen molar-refractivity contribution in [3.8, 4) is 0 Å². The van der Waals surface area contributed by atoms with Gasteiger partial charge in [0.05, 0.1) is 0 Å². The summed E-state index contributed by atoms with van der Waals surface area (Å²) in [6.45, 7) is 0.527. The Balaban J connectivity index is 0.000000191. The fourth-order valence-electron chi connectivity index (χ4n) is 1.70. The summed E-state index contributed by atoms with van der Waals surface area (Å²) in [5.74, 6) is 0. The predicted octanol–water partition coefficient (Wildman–Crippen LogP) is 2.83. The molecule has 0 aliphatic heterocycles. The molecule has 2 aromatic rings. The van der Waals surface area contributed by atoms with Crippen molar-refractivity contribution >= 4 is 0 Å². The molecule has 0 aromatic heterocycles. The van der Waals surface area contributed by atoms with Gasteiger partial charge in [0.25, 0.3) is 0 Å². The Kier molecular flexibility index (Phi) is 8.36. The van der Waals surface area contributed by atoms with Crippen molar-refractivity contribution in [1.82, 2.24) is 0 Å². The molecule has 0 aliphatic carbocycles. The van der Waals surface area contributed by atoms with E-state index in [2.05, 4.69) is 12.1 Å². The highest BCUT2D eigenvalue weighted by molar-refractivity contribution is 5.15. The molecule has 102 valence electrons. The number of aryl methyl sites for hydroxylation is 1. The Morgan fingerprint density at radius 3 is 1.47 bits per heavy atom. The van der Waals surface area contributed by atoms with Crippen LogP contribution in [0.2, 0.25) is 0 Å². The van der Waals surface area contributed by atoms with E-state index in [0.29, 0.717) is 0 Å². The van der Waals surface area contributed by atoms with Crippen molar-refractivity contribution in [3.05, 3.63) is 71.8 Å². The highest BCUT2D eigenvalue weighted by Crippen LogP contribution is 2.00. The summed E-state index contributed by atoms with van der Waals surface area (Å²) >= 11 is 0. The molecule has 0 radical (unpaired) electrons. The van der Waals surface area contributed by atoms with Crippen LogP contribution in [0, 0.1) is 0 Å². The van der Waals surface area contributed by atoms with Crippen molar-refractivity contribution < 1.29 is 10.2 Å². The summed E-state index contributed by atoms with van der Waals surface area (Å²) in [4.78, 5) is 0. The summed E-state index contributed by atoms with van der Waals surface area (Å²) in [5, 5.41) is 17.0. The fraction of sp³-hybridized carbons (Fsp3) is 0.294. The minimum absolute atomic E-state index is 0.240. The maximum absolute atomic E-state index is 8.53. The largest absolute Gasteiger partial charge is 0.396 e. The second-order valence-electron chi connectivity index (χ2n) is 4.27. The third-order valence-corrected chi connectivity index (χ3v) is 2.71. The second-order valence-corrected chi connectivity index (χ2v) is 4.27. The van der Waals surface area contributed by atoms with Gasteiger partial charge in [-0.25, -0.2) is 0 Å². The monoisotopic (exact) mass is 258 g/mol. The van der Waals surface area contributed by atoms with Crippen LogP contribution < -0.4 is 0 Å². The lowest BCUT2D eigenvalue weighted by atomic mass is 10.1. The maximum Gasteiger partial charge on any atom is 0.0471 e. The number of hydrogen-bond acceptors (Lipinski definition) is 2. The number of benzene rings is 2. The van der Waals surface area contributed by atoms with Crippen LogP contribution in [0.4, 0.5) is 0 Å². The molecule has 0 unspecified atom stereocenters. The van der Waals surface area contributed by atoms with Crippen LogP contribution in [0.15, 0.2) is 60.7 Å². The highest BCUT2D eigenvalue weighted by Gasteiger charge is 1.88. The molecule has 0 amide bonds. The molecule has 0 saturated carbocycles. The van der Waals surface area contributed by atoms with E-state index in [1.54, 1.807) is 0 Å². The summed E-state index contributed by atoms with van der Waals surface area (Å²) in [6.07, 6.45) is 2.61. The van der Waals surface area contributed by atoms with Crippen LogP contribution in [-0.2, 0) is 12.8 Å². The van der Waals surface area contributed by atoms with E-state index in [-0.39, 0.29) is 13.2 Å². The third kappa shape index (κ3) is 7.39. The summed E-state index contributed by atoms with van der Waals surface area (Å²) in [7, 11) is 0. The van der Waals surface area contributed by atoms with E-state index in [4.69, 9.17) is 10.2 Å². The van der Waals surface area contributed by atoms with Gasteiger partial charge in [0.1, 0.15) is 0 Å². The van der Waals surface area contributed by atoms with Crippen LogP contribution >= 0.6 is 0 Å². The van der Waals surface area contributed by atoms with Gasteiger partial charge < -0.3 is 10.2 Å². The fourth-order valence-corrected chi connectivity index (χ4v) is 1.70. The molecule has 0 atom stereocenters. The smallest absolute Gasteiger partial charge is 0.0471 e. The van der Waals surface area contributed by atoms with Gasteiger partial charge in [-0.3, -0.25) is 0 Å². The van der Waals surface area contributed by atoms with Crippen LogP contribution in [-0.4, -0.2) is 23.4 Å².